The molecule has 152 valence electrons. The van der Waals surface area contributed by atoms with Gasteiger partial charge in [-0.15, -0.1) is 0 Å². The predicted molar refractivity (Wildman–Crippen MR) is 105 cm³/mol. The number of aryl methyl sites for hydroxylation is 1. The van der Waals surface area contributed by atoms with E-state index in [4.69, 9.17) is 15.9 Å². The number of carboxylic acid groups (broad SMARTS) is 2. The molecule has 0 fully saturated rings. The van der Waals surface area contributed by atoms with E-state index in [2.05, 4.69) is 5.32 Å². The van der Waals surface area contributed by atoms with Crippen LogP contribution in [0.25, 0.3) is 0 Å². The summed E-state index contributed by atoms with van der Waals surface area (Å²) in [4.78, 5) is 33.2. The molecule has 4 atom stereocenters. The molecule has 0 aliphatic carbocycles. The van der Waals surface area contributed by atoms with Gasteiger partial charge in [0.2, 0.25) is 0 Å². The Balaban J connectivity index is 0.000000636. The van der Waals surface area contributed by atoms with Crippen LogP contribution in [0.2, 0.25) is 0 Å². The molecule has 5 N–H and O–H groups in total. The number of carboxylic acids is 2. The number of hydrogen-bond donors (Lipinski definition) is 4. The van der Waals surface area contributed by atoms with Crippen molar-refractivity contribution in [3.8, 4) is 0 Å². The Kier molecular flexibility index (Phi) is 11.0. The van der Waals surface area contributed by atoms with Crippen LogP contribution >= 0.6 is 0 Å². The number of carbonyl (C=O) groups is 3. The fourth-order valence-electron chi connectivity index (χ4n) is 2.11. The molecular weight excluding hydrogens is 348 g/mol. The van der Waals surface area contributed by atoms with Crippen LogP contribution in [-0.2, 0) is 9.59 Å². The van der Waals surface area contributed by atoms with Crippen molar-refractivity contribution >= 4 is 17.8 Å². The van der Waals surface area contributed by atoms with Crippen LogP contribution in [-0.4, -0.2) is 40.1 Å². The van der Waals surface area contributed by atoms with E-state index >= 15 is 0 Å². The van der Waals surface area contributed by atoms with E-state index in [-0.39, 0.29) is 17.7 Å². The summed E-state index contributed by atoms with van der Waals surface area (Å²) in [6.07, 6.45) is 1.51. The molecule has 0 bridgehead atoms. The number of rotatable bonds is 8. The Bertz CT molecular complexity index is 615. The first-order valence-corrected chi connectivity index (χ1v) is 9.13. The lowest BCUT2D eigenvalue weighted by Crippen LogP contribution is -2.45. The van der Waals surface area contributed by atoms with Crippen LogP contribution in [0.1, 0.15) is 56.5 Å². The Morgan fingerprint density at radius 1 is 0.963 bits per heavy atom. The summed E-state index contributed by atoms with van der Waals surface area (Å²) < 4.78 is 0. The molecule has 1 aromatic carbocycles. The topological polar surface area (TPSA) is 130 Å². The number of nitrogens with two attached hydrogens (primary N) is 1. The zero-order chi connectivity index (χ0) is 21.1. The molecule has 0 spiro atoms. The van der Waals surface area contributed by atoms with E-state index in [0.717, 1.165) is 12.0 Å². The van der Waals surface area contributed by atoms with E-state index in [0.29, 0.717) is 12.0 Å². The highest BCUT2D eigenvalue weighted by Crippen LogP contribution is 2.10. The molecule has 0 aromatic heterocycles. The molecular formula is C20H32N2O5. The molecule has 0 aliphatic heterocycles. The summed E-state index contributed by atoms with van der Waals surface area (Å²) in [7, 11) is 0. The Hall–Kier alpha value is -2.41. The Morgan fingerprint density at radius 2 is 1.44 bits per heavy atom. The van der Waals surface area contributed by atoms with Gasteiger partial charge in [-0.05, 0) is 30.9 Å². The molecule has 0 aliphatic rings. The summed E-state index contributed by atoms with van der Waals surface area (Å²) in [6, 6.07) is 5.50. The van der Waals surface area contributed by atoms with Gasteiger partial charge in [-0.25, -0.2) is 4.79 Å². The first-order chi connectivity index (χ1) is 12.5. The second kappa shape index (κ2) is 12.1. The van der Waals surface area contributed by atoms with Crippen LogP contribution in [0.5, 0.6) is 0 Å². The summed E-state index contributed by atoms with van der Waals surface area (Å²) >= 11 is 0. The SMILES string of the molecule is CC[C@@H](C)[C@@H](NC(=O)c1ccc(C)cc1)C(=O)O.CC[C@H](C)[C@H](N)C(=O)O. The summed E-state index contributed by atoms with van der Waals surface area (Å²) in [5.74, 6) is -2.28. The molecule has 0 saturated carbocycles. The van der Waals surface area contributed by atoms with E-state index < -0.39 is 24.0 Å². The minimum Gasteiger partial charge on any atom is -0.480 e. The van der Waals surface area contributed by atoms with Crippen molar-refractivity contribution in [2.24, 2.45) is 17.6 Å². The lowest BCUT2D eigenvalue weighted by molar-refractivity contribution is -0.141. The summed E-state index contributed by atoms with van der Waals surface area (Å²) in [5, 5.41) is 20.0. The van der Waals surface area contributed by atoms with Crippen LogP contribution < -0.4 is 11.1 Å². The van der Waals surface area contributed by atoms with Crippen molar-refractivity contribution in [3.63, 3.8) is 0 Å². The van der Waals surface area contributed by atoms with Gasteiger partial charge in [-0.2, -0.15) is 0 Å². The molecule has 1 rings (SSSR count). The van der Waals surface area contributed by atoms with E-state index in [9.17, 15) is 14.4 Å². The third-order valence-corrected chi connectivity index (χ3v) is 4.62. The first kappa shape index (κ1) is 24.6. The normalized spacial score (nSPS) is 14.7. The van der Waals surface area contributed by atoms with Gasteiger partial charge in [-0.3, -0.25) is 9.59 Å². The second-order valence-electron chi connectivity index (χ2n) is 6.79. The Labute approximate surface area is 161 Å². The number of aliphatic carboxylic acids is 2. The fourth-order valence-corrected chi connectivity index (χ4v) is 2.11. The van der Waals surface area contributed by atoms with E-state index in [1.165, 1.54) is 0 Å². The van der Waals surface area contributed by atoms with Gasteiger partial charge in [0, 0.05) is 5.56 Å². The van der Waals surface area contributed by atoms with E-state index in [1.54, 1.807) is 12.1 Å². The van der Waals surface area contributed by atoms with E-state index in [1.807, 2.05) is 46.8 Å². The molecule has 7 nitrogen and oxygen atoms in total. The Morgan fingerprint density at radius 3 is 1.78 bits per heavy atom. The summed E-state index contributed by atoms with van der Waals surface area (Å²) in [6.45, 7) is 9.40. The standard InChI is InChI=1S/C14H19NO3.C6H13NO2/c1-4-10(3)12(14(17)18)15-13(16)11-7-5-9(2)6-8-11;1-3-4(2)5(7)6(8)9/h5-8,10,12H,4H2,1-3H3,(H,15,16)(H,17,18);4-5H,3,7H2,1-2H3,(H,8,9)/t10-,12-;4-,5-/m10/s1. The fraction of sp³-hybridized carbons (Fsp3) is 0.550. The van der Waals surface area contributed by atoms with Crippen LogP contribution in [0, 0.1) is 18.8 Å². The molecule has 0 saturated heterocycles. The molecule has 0 unspecified atom stereocenters. The van der Waals surface area contributed by atoms with Crippen LogP contribution in [0.15, 0.2) is 24.3 Å². The van der Waals surface area contributed by atoms with Crippen molar-refractivity contribution in [1.82, 2.24) is 5.32 Å². The number of benzene rings is 1. The monoisotopic (exact) mass is 380 g/mol. The first-order valence-electron chi connectivity index (χ1n) is 9.13. The smallest absolute Gasteiger partial charge is 0.326 e. The minimum absolute atomic E-state index is 0.0718. The van der Waals surface area contributed by atoms with Gasteiger partial charge in [0.25, 0.3) is 5.91 Å². The third kappa shape index (κ3) is 8.68. The molecule has 0 heterocycles. The van der Waals surface area contributed by atoms with Crippen LogP contribution in [0.3, 0.4) is 0 Å². The highest BCUT2D eigenvalue weighted by molar-refractivity contribution is 5.96. The maximum atomic E-state index is 11.9. The maximum absolute atomic E-state index is 11.9. The second-order valence-corrected chi connectivity index (χ2v) is 6.79. The molecule has 1 aromatic rings. The highest BCUT2D eigenvalue weighted by atomic mass is 16.4. The highest BCUT2D eigenvalue weighted by Gasteiger charge is 2.25. The van der Waals surface area contributed by atoms with Crippen molar-refractivity contribution < 1.29 is 24.6 Å². The molecule has 7 heteroatoms. The van der Waals surface area contributed by atoms with Crippen molar-refractivity contribution in [1.29, 1.82) is 0 Å². The summed E-state index contributed by atoms with van der Waals surface area (Å²) in [5.41, 5.74) is 6.81. The average molecular weight is 380 g/mol. The van der Waals surface area contributed by atoms with Crippen molar-refractivity contribution in [3.05, 3.63) is 35.4 Å². The number of carbonyl (C=O) groups excluding carboxylic acids is 1. The van der Waals surface area contributed by atoms with Gasteiger partial charge < -0.3 is 21.3 Å². The number of nitrogens with one attached hydrogen (secondary N) is 1. The van der Waals surface area contributed by atoms with Gasteiger partial charge in [0.15, 0.2) is 0 Å². The zero-order valence-corrected chi connectivity index (χ0v) is 16.7. The van der Waals surface area contributed by atoms with Gasteiger partial charge in [-0.1, -0.05) is 58.2 Å². The van der Waals surface area contributed by atoms with Gasteiger partial charge in [0.1, 0.15) is 12.1 Å². The van der Waals surface area contributed by atoms with Crippen LogP contribution in [0.4, 0.5) is 0 Å². The predicted octanol–water partition coefficient (Wildman–Crippen LogP) is 2.67. The minimum atomic E-state index is -0.996. The maximum Gasteiger partial charge on any atom is 0.326 e. The van der Waals surface area contributed by atoms with Crippen molar-refractivity contribution in [2.75, 3.05) is 0 Å². The zero-order valence-electron chi connectivity index (χ0n) is 16.7. The number of amides is 1. The quantitative estimate of drug-likeness (QED) is 0.548. The lowest BCUT2D eigenvalue weighted by atomic mass is 9.99. The third-order valence-electron chi connectivity index (χ3n) is 4.62. The molecule has 27 heavy (non-hydrogen) atoms. The van der Waals surface area contributed by atoms with Gasteiger partial charge >= 0.3 is 11.9 Å². The molecule has 0 radical (unpaired) electrons. The number of hydrogen-bond acceptors (Lipinski definition) is 4. The molecule has 1 amide bonds. The largest absolute Gasteiger partial charge is 0.480 e. The lowest BCUT2D eigenvalue weighted by Gasteiger charge is -2.20. The van der Waals surface area contributed by atoms with Crippen molar-refractivity contribution in [2.45, 2.75) is 59.5 Å². The average Bonchev–Trinajstić information content (AvgIpc) is 2.64. The van der Waals surface area contributed by atoms with Gasteiger partial charge in [0.05, 0.1) is 0 Å².